The van der Waals surface area contributed by atoms with E-state index >= 15 is 0 Å². The van der Waals surface area contributed by atoms with Crippen molar-refractivity contribution in [2.75, 3.05) is 19.7 Å². The van der Waals surface area contributed by atoms with Crippen molar-refractivity contribution in [1.82, 2.24) is 9.62 Å². The lowest BCUT2D eigenvalue weighted by Gasteiger charge is -2.45. The van der Waals surface area contributed by atoms with Gasteiger partial charge >= 0.3 is 17.9 Å². The molecule has 0 aliphatic carbocycles. The van der Waals surface area contributed by atoms with Crippen LogP contribution in [0.4, 0.5) is 0 Å². The first kappa shape index (κ1) is 25.2. The molecule has 10 nitrogen and oxygen atoms in total. The zero-order valence-corrected chi connectivity index (χ0v) is 18.4. The fourth-order valence-electron chi connectivity index (χ4n) is 2.90. The largest absolute Gasteiger partial charge is 0.463 e. The van der Waals surface area contributed by atoms with Gasteiger partial charge in [-0.05, 0) is 11.9 Å². The van der Waals surface area contributed by atoms with Crippen LogP contribution in [0.25, 0.3) is 0 Å². The molecule has 166 valence electrons. The molecule has 11 heteroatoms. The average Bonchev–Trinajstić information content (AvgIpc) is 2.61. The maximum Gasteiger partial charge on any atom is 0.303 e. The minimum Gasteiger partial charge on any atom is -0.463 e. The quantitative estimate of drug-likeness (QED) is 0.314. The summed E-state index contributed by atoms with van der Waals surface area (Å²) in [6.07, 6.45) is -2.98. The Morgan fingerprint density at radius 1 is 0.931 bits per heavy atom. The monoisotopic (exact) mass is 434 g/mol. The summed E-state index contributed by atoms with van der Waals surface area (Å²) in [5, 5.41) is 2.74. The van der Waals surface area contributed by atoms with Crippen LogP contribution in [0.5, 0.6) is 0 Å². The first-order valence-corrected chi connectivity index (χ1v) is 10.2. The highest BCUT2D eigenvalue weighted by Crippen LogP contribution is 2.33. The molecule has 1 heterocycles. The van der Waals surface area contributed by atoms with Crippen LogP contribution in [0.2, 0.25) is 0 Å². The Hall–Kier alpha value is -1.85. The van der Waals surface area contributed by atoms with Crippen LogP contribution >= 0.6 is 11.9 Å². The average molecular weight is 435 g/mol. The molecule has 1 aliphatic rings. The summed E-state index contributed by atoms with van der Waals surface area (Å²) in [6, 6.07) is -0.792. The minimum absolute atomic E-state index is 0.201. The lowest BCUT2D eigenvalue weighted by Crippen LogP contribution is -2.65. The van der Waals surface area contributed by atoms with E-state index in [1.165, 1.54) is 39.6 Å². The van der Waals surface area contributed by atoms with E-state index in [1.54, 1.807) is 0 Å². The van der Waals surface area contributed by atoms with Crippen molar-refractivity contribution in [2.24, 2.45) is 0 Å². The molecule has 5 atom stereocenters. The lowest BCUT2D eigenvalue weighted by molar-refractivity contribution is -0.212. The number of rotatable bonds is 9. The smallest absolute Gasteiger partial charge is 0.303 e. The van der Waals surface area contributed by atoms with E-state index < -0.39 is 47.7 Å². The van der Waals surface area contributed by atoms with Gasteiger partial charge in [0.25, 0.3) is 0 Å². The Labute approximate surface area is 175 Å². The van der Waals surface area contributed by atoms with Crippen molar-refractivity contribution < 1.29 is 38.1 Å². The van der Waals surface area contributed by atoms with Crippen molar-refractivity contribution in [1.29, 1.82) is 0 Å². The highest BCUT2D eigenvalue weighted by atomic mass is 32.2. The number of amides is 1. The van der Waals surface area contributed by atoms with Crippen molar-refractivity contribution in [2.45, 2.75) is 71.3 Å². The van der Waals surface area contributed by atoms with Crippen LogP contribution in [-0.2, 0) is 38.1 Å². The summed E-state index contributed by atoms with van der Waals surface area (Å²) in [5.41, 5.74) is -0.671. The molecule has 1 aliphatic heterocycles. The highest BCUT2D eigenvalue weighted by Gasteiger charge is 2.51. The lowest BCUT2D eigenvalue weighted by atomic mass is 9.97. The Kier molecular flexibility index (Phi) is 10.4. The number of hydrogen-bond acceptors (Lipinski definition) is 10. The third-order valence-corrected chi connectivity index (χ3v) is 5.46. The molecule has 0 radical (unpaired) electrons. The summed E-state index contributed by atoms with van der Waals surface area (Å²) in [6.45, 7) is 10.1. The fraction of sp³-hybridized carbons (Fsp3) is 0.778. The predicted molar refractivity (Wildman–Crippen MR) is 105 cm³/mol. The third kappa shape index (κ3) is 8.19. The first-order valence-electron chi connectivity index (χ1n) is 9.41. The van der Waals surface area contributed by atoms with Crippen LogP contribution < -0.4 is 5.32 Å². The van der Waals surface area contributed by atoms with Gasteiger partial charge in [-0.15, -0.1) is 0 Å². The molecule has 0 aromatic carbocycles. The zero-order chi connectivity index (χ0) is 22.1. The van der Waals surface area contributed by atoms with E-state index in [0.29, 0.717) is 13.1 Å². The predicted octanol–water partition coefficient (Wildman–Crippen LogP) is 0.633. The topological polar surface area (TPSA) is 120 Å². The van der Waals surface area contributed by atoms with Crippen molar-refractivity contribution in [3.05, 3.63) is 0 Å². The number of ether oxygens (including phenoxy) is 4. The van der Waals surface area contributed by atoms with Gasteiger partial charge in [0.2, 0.25) is 5.91 Å². The summed E-state index contributed by atoms with van der Waals surface area (Å²) >= 11 is 1.33. The standard InChI is InChI=1S/C18H30N2O8S/c1-7-20(8-2)29-18-15(19-10(3)21)17(27-13(6)24)16(26-12(5)23)14(28-18)9-25-11(4)22/h14-18H,7-9H2,1-6H3,(H,19,21)/t14-,15-,16-,17-,18-/m1/s1. The molecular weight excluding hydrogens is 404 g/mol. The van der Waals surface area contributed by atoms with E-state index in [1.807, 2.05) is 18.2 Å². The summed E-state index contributed by atoms with van der Waals surface area (Å²) in [4.78, 5) is 46.6. The van der Waals surface area contributed by atoms with E-state index in [-0.39, 0.29) is 12.5 Å². The van der Waals surface area contributed by atoms with Gasteiger partial charge in [-0.25, -0.2) is 4.31 Å². The van der Waals surface area contributed by atoms with E-state index in [4.69, 9.17) is 18.9 Å². The number of carbonyl (C=O) groups is 4. The number of hydrogen-bond donors (Lipinski definition) is 1. The molecule has 0 aromatic heterocycles. The first-order chi connectivity index (χ1) is 13.6. The van der Waals surface area contributed by atoms with Crippen molar-refractivity contribution in [3.8, 4) is 0 Å². The molecule has 1 fully saturated rings. The zero-order valence-electron chi connectivity index (χ0n) is 17.6. The number of nitrogens with zero attached hydrogens (tertiary/aromatic N) is 1. The van der Waals surface area contributed by atoms with Gasteiger partial charge in [0.15, 0.2) is 12.2 Å². The van der Waals surface area contributed by atoms with Gasteiger partial charge in [-0.1, -0.05) is 13.8 Å². The Balaban J connectivity index is 3.31. The van der Waals surface area contributed by atoms with Gasteiger partial charge in [-0.2, -0.15) is 0 Å². The normalized spacial score (nSPS) is 26.5. The molecule has 1 saturated heterocycles. The SMILES string of the molecule is CCN(CC)S[C@H]1O[C@H](COC(C)=O)[C@@H](OC(C)=O)[C@H](OC(C)=O)[C@H]1NC(C)=O. The minimum atomic E-state index is -1.07. The van der Waals surface area contributed by atoms with Gasteiger partial charge in [0, 0.05) is 40.8 Å². The van der Waals surface area contributed by atoms with E-state index in [0.717, 1.165) is 0 Å². The molecule has 0 spiro atoms. The molecule has 29 heavy (non-hydrogen) atoms. The van der Waals surface area contributed by atoms with E-state index in [9.17, 15) is 19.2 Å². The van der Waals surface area contributed by atoms with Crippen LogP contribution in [0.1, 0.15) is 41.5 Å². The second kappa shape index (κ2) is 12.0. The second-order valence-electron chi connectivity index (χ2n) is 6.44. The maximum atomic E-state index is 11.8. The second-order valence-corrected chi connectivity index (χ2v) is 7.63. The maximum absolute atomic E-state index is 11.8. The fourth-order valence-corrected chi connectivity index (χ4v) is 4.04. The molecule has 0 unspecified atom stereocenters. The number of nitrogens with one attached hydrogen (secondary N) is 1. The molecule has 0 saturated carbocycles. The van der Waals surface area contributed by atoms with Crippen LogP contribution in [0.15, 0.2) is 0 Å². The number of esters is 3. The van der Waals surface area contributed by atoms with Gasteiger partial charge in [0.05, 0.1) is 0 Å². The Bertz CT molecular complexity index is 598. The van der Waals surface area contributed by atoms with E-state index in [2.05, 4.69) is 5.32 Å². The van der Waals surface area contributed by atoms with Crippen LogP contribution in [0.3, 0.4) is 0 Å². The molecule has 1 N–H and O–H groups in total. The van der Waals surface area contributed by atoms with Crippen LogP contribution in [0, 0.1) is 0 Å². The van der Waals surface area contributed by atoms with Crippen LogP contribution in [-0.4, -0.2) is 77.6 Å². The van der Waals surface area contributed by atoms with Crippen molar-refractivity contribution in [3.63, 3.8) is 0 Å². The highest BCUT2D eigenvalue weighted by molar-refractivity contribution is 7.97. The van der Waals surface area contributed by atoms with Gasteiger partial charge in [0.1, 0.15) is 24.2 Å². The molecule has 1 amide bonds. The van der Waals surface area contributed by atoms with Gasteiger partial charge in [-0.3, -0.25) is 19.2 Å². The summed E-state index contributed by atoms with van der Waals surface area (Å²) in [7, 11) is 0. The summed E-state index contributed by atoms with van der Waals surface area (Å²) < 4.78 is 23.9. The molecular formula is C18H30N2O8S. The Morgan fingerprint density at radius 2 is 1.48 bits per heavy atom. The number of carbonyl (C=O) groups excluding carboxylic acids is 4. The molecule has 0 aromatic rings. The molecule has 1 rings (SSSR count). The van der Waals surface area contributed by atoms with Crippen molar-refractivity contribution >= 4 is 35.8 Å². The molecule has 0 bridgehead atoms. The third-order valence-electron chi connectivity index (χ3n) is 4.03. The van der Waals surface area contributed by atoms with Gasteiger partial charge < -0.3 is 24.3 Å². The Morgan fingerprint density at radius 3 is 1.93 bits per heavy atom. The summed E-state index contributed by atoms with van der Waals surface area (Å²) in [5.74, 6) is -2.13.